The van der Waals surface area contributed by atoms with Crippen LogP contribution in [0, 0.1) is 19.7 Å². The first-order valence-electron chi connectivity index (χ1n) is 10.3. The summed E-state index contributed by atoms with van der Waals surface area (Å²) in [5.41, 5.74) is 4.56. The molecule has 6 heteroatoms. The Morgan fingerprint density at radius 3 is 2.53 bits per heavy atom. The van der Waals surface area contributed by atoms with Crippen LogP contribution in [0.3, 0.4) is 0 Å². The maximum atomic E-state index is 14.2. The number of thiazole rings is 1. The molecule has 162 valence electrons. The Bertz CT molecular complexity index is 1270. The van der Waals surface area contributed by atoms with E-state index >= 15 is 0 Å². The fourth-order valence-corrected chi connectivity index (χ4v) is 4.13. The van der Waals surface area contributed by atoms with Gasteiger partial charge in [-0.15, -0.1) is 11.3 Å². The lowest BCUT2D eigenvalue weighted by atomic mass is 10.1. The first-order valence-corrected chi connectivity index (χ1v) is 11.1. The van der Waals surface area contributed by atoms with Gasteiger partial charge in [0.05, 0.1) is 11.4 Å². The van der Waals surface area contributed by atoms with Gasteiger partial charge in [-0.3, -0.25) is 4.79 Å². The molecule has 1 atom stereocenters. The zero-order valence-electron chi connectivity index (χ0n) is 18.1. The van der Waals surface area contributed by atoms with Crippen LogP contribution in [-0.2, 0) is 4.79 Å². The highest BCUT2D eigenvalue weighted by Gasteiger charge is 2.19. The third-order valence-electron chi connectivity index (χ3n) is 5.09. The van der Waals surface area contributed by atoms with Crippen LogP contribution in [0.2, 0.25) is 0 Å². The maximum absolute atomic E-state index is 14.2. The van der Waals surface area contributed by atoms with Crippen LogP contribution >= 0.6 is 11.3 Å². The van der Waals surface area contributed by atoms with Crippen molar-refractivity contribution in [1.82, 2.24) is 4.98 Å². The van der Waals surface area contributed by atoms with E-state index in [0.717, 1.165) is 16.7 Å². The van der Waals surface area contributed by atoms with Gasteiger partial charge in [0.1, 0.15) is 16.6 Å². The predicted octanol–water partition coefficient (Wildman–Crippen LogP) is 6.64. The Morgan fingerprint density at radius 2 is 1.75 bits per heavy atom. The molecule has 32 heavy (non-hydrogen) atoms. The number of nitrogens with zero attached hydrogens (tertiary/aromatic N) is 1. The normalized spacial score (nSPS) is 11.8. The quantitative estimate of drug-likeness (QED) is 0.361. The molecule has 1 amide bonds. The molecule has 0 bridgehead atoms. The Kier molecular flexibility index (Phi) is 6.32. The van der Waals surface area contributed by atoms with Crippen LogP contribution in [-0.4, -0.2) is 17.0 Å². The number of halogens is 1. The number of ether oxygens (including phenoxy) is 1. The largest absolute Gasteiger partial charge is 0.481 e. The zero-order valence-corrected chi connectivity index (χ0v) is 18.9. The molecule has 0 aliphatic carbocycles. The van der Waals surface area contributed by atoms with Gasteiger partial charge in [0, 0.05) is 16.5 Å². The van der Waals surface area contributed by atoms with Crippen molar-refractivity contribution in [2.75, 3.05) is 5.32 Å². The Labute approximate surface area is 190 Å². The summed E-state index contributed by atoms with van der Waals surface area (Å²) >= 11 is 1.36. The van der Waals surface area contributed by atoms with Gasteiger partial charge in [-0.2, -0.15) is 0 Å². The number of hydrogen-bond acceptors (Lipinski definition) is 4. The van der Waals surface area contributed by atoms with Gasteiger partial charge in [-0.25, -0.2) is 9.37 Å². The van der Waals surface area contributed by atoms with E-state index in [4.69, 9.17) is 4.74 Å². The number of carbonyl (C=O) groups is 1. The van der Waals surface area contributed by atoms with Gasteiger partial charge >= 0.3 is 0 Å². The summed E-state index contributed by atoms with van der Waals surface area (Å²) in [7, 11) is 0. The lowest BCUT2D eigenvalue weighted by molar-refractivity contribution is -0.122. The third-order valence-corrected chi connectivity index (χ3v) is 5.96. The molecule has 0 aliphatic heterocycles. The summed E-state index contributed by atoms with van der Waals surface area (Å²) in [6.07, 6.45) is -0.687. The molecule has 4 nitrogen and oxygen atoms in total. The van der Waals surface area contributed by atoms with E-state index in [1.807, 2.05) is 61.7 Å². The minimum absolute atomic E-state index is 0.261. The highest BCUT2D eigenvalue weighted by Crippen LogP contribution is 2.33. The number of hydrogen-bond donors (Lipinski definition) is 1. The van der Waals surface area contributed by atoms with Gasteiger partial charge in [-0.1, -0.05) is 42.5 Å². The summed E-state index contributed by atoms with van der Waals surface area (Å²) in [4.78, 5) is 17.5. The van der Waals surface area contributed by atoms with Gasteiger partial charge in [0.25, 0.3) is 5.91 Å². The molecular formula is C26H23FN2O2S. The molecule has 0 saturated carbocycles. The lowest BCUT2D eigenvalue weighted by Crippen LogP contribution is -2.30. The third kappa shape index (κ3) is 4.70. The van der Waals surface area contributed by atoms with E-state index in [-0.39, 0.29) is 11.7 Å². The number of rotatable bonds is 6. The molecule has 4 rings (SSSR count). The van der Waals surface area contributed by atoms with Gasteiger partial charge in [0.15, 0.2) is 6.10 Å². The number of nitrogens with one attached hydrogen (secondary N) is 1. The van der Waals surface area contributed by atoms with Crippen LogP contribution in [0.25, 0.3) is 21.8 Å². The maximum Gasteiger partial charge on any atom is 0.265 e. The van der Waals surface area contributed by atoms with Crippen LogP contribution in [0.15, 0.2) is 72.1 Å². The highest BCUT2D eigenvalue weighted by atomic mass is 32.1. The minimum atomic E-state index is -0.687. The number of aromatic nitrogens is 1. The molecule has 0 radical (unpaired) electrons. The topological polar surface area (TPSA) is 51.2 Å². The highest BCUT2D eigenvalue weighted by molar-refractivity contribution is 7.13. The van der Waals surface area contributed by atoms with Crippen molar-refractivity contribution in [1.29, 1.82) is 0 Å². The molecule has 1 unspecified atom stereocenters. The molecule has 1 aromatic heterocycles. The van der Waals surface area contributed by atoms with Crippen LogP contribution in [0.4, 0.5) is 10.1 Å². The van der Waals surface area contributed by atoms with Crippen LogP contribution in [0.1, 0.15) is 18.1 Å². The summed E-state index contributed by atoms with van der Waals surface area (Å²) < 4.78 is 20.1. The molecule has 0 aliphatic rings. The second-order valence-electron chi connectivity index (χ2n) is 7.58. The van der Waals surface area contributed by atoms with Crippen molar-refractivity contribution in [3.05, 3.63) is 89.1 Å². The van der Waals surface area contributed by atoms with Gasteiger partial charge in [0.2, 0.25) is 0 Å². The number of amides is 1. The summed E-state index contributed by atoms with van der Waals surface area (Å²) in [5, 5.41) is 5.40. The molecular weight excluding hydrogens is 423 g/mol. The molecule has 0 spiro atoms. The molecule has 1 heterocycles. The number of anilines is 1. The van der Waals surface area contributed by atoms with Crippen molar-refractivity contribution in [3.63, 3.8) is 0 Å². The Hall–Kier alpha value is -3.51. The van der Waals surface area contributed by atoms with Gasteiger partial charge < -0.3 is 10.1 Å². The summed E-state index contributed by atoms with van der Waals surface area (Å²) in [5.74, 6) is 0.116. The van der Waals surface area contributed by atoms with Crippen molar-refractivity contribution < 1.29 is 13.9 Å². The molecule has 0 fully saturated rings. The smallest absolute Gasteiger partial charge is 0.265 e. The summed E-state index contributed by atoms with van der Waals surface area (Å²) in [6.45, 7) is 5.65. The molecule has 0 saturated heterocycles. The monoisotopic (exact) mass is 446 g/mol. The van der Waals surface area contributed by atoms with Crippen molar-refractivity contribution in [3.8, 4) is 27.6 Å². The van der Waals surface area contributed by atoms with Crippen molar-refractivity contribution >= 4 is 22.9 Å². The average Bonchev–Trinajstić information content (AvgIpc) is 3.26. The van der Waals surface area contributed by atoms with Gasteiger partial charge in [-0.05, 0) is 56.2 Å². The number of carbonyl (C=O) groups excluding carboxylic acids is 1. The van der Waals surface area contributed by atoms with E-state index in [1.165, 1.54) is 17.4 Å². The Morgan fingerprint density at radius 1 is 1.03 bits per heavy atom. The first kappa shape index (κ1) is 21.7. The molecule has 4 aromatic rings. The minimum Gasteiger partial charge on any atom is -0.481 e. The van der Waals surface area contributed by atoms with E-state index in [2.05, 4.69) is 10.3 Å². The SMILES string of the molecule is Cc1ccc(C)c(OC(C)C(=O)Nc2ccccc2-c2csc(-c3ccccc3F)n2)c1. The number of para-hydroxylation sites is 1. The second kappa shape index (κ2) is 9.32. The Balaban J connectivity index is 1.55. The molecule has 3 aromatic carbocycles. The van der Waals surface area contributed by atoms with E-state index in [9.17, 15) is 9.18 Å². The zero-order chi connectivity index (χ0) is 22.7. The average molecular weight is 447 g/mol. The van der Waals surface area contributed by atoms with E-state index in [0.29, 0.717) is 27.7 Å². The number of aryl methyl sites for hydroxylation is 2. The van der Waals surface area contributed by atoms with E-state index < -0.39 is 6.10 Å². The van der Waals surface area contributed by atoms with Crippen molar-refractivity contribution in [2.24, 2.45) is 0 Å². The van der Waals surface area contributed by atoms with Crippen molar-refractivity contribution in [2.45, 2.75) is 26.9 Å². The fourth-order valence-electron chi connectivity index (χ4n) is 3.28. The number of benzene rings is 3. The standard InChI is InChI=1S/C26H23FN2O2S/c1-16-12-13-17(2)24(14-16)31-18(3)25(30)28-22-11-7-5-9-20(22)23-15-32-26(29-23)19-8-4-6-10-21(19)27/h4-15,18H,1-3H3,(H,28,30). The lowest BCUT2D eigenvalue weighted by Gasteiger charge is -2.17. The van der Waals surface area contributed by atoms with E-state index in [1.54, 1.807) is 25.1 Å². The predicted molar refractivity (Wildman–Crippen MR) is 128 cm³/mol. The first-order chi connectivity index (χ1) is 15.4. The fraction of sp³-hybridized carbons (Fsp3) is 0.154. The second-order valence-corrected chi connectivity index (χ2v) is 8.44. The molecule has 1 N–H and O–H groups in total. The van der Waals surface area contributed by atoms with Crippen LogP contribution < -0.4 is 10.1 Å². The van der Waals surface area contributed by atoms with Crippen LogP contribution in [0.5, 0.6) is 5.75 Å². The summed E-state index contributed by atoms with van der Waals surface area (Å²) in [6, 6.07) is 19.9.